The van der Waals surface area contributed by atoms with Gasteiger partial charge in [0.05, 0.1) is 11.8 Å². The lowest BCUT2D eigenvalue weighted by molar-refractivity contribution is 0.0954. The van der Waals surface area contributed by atoms with E-state index in [-0.39, 0.29) is 11.5 Å². The molecule has 0 unspecified atom stereocenters. The van der Waals surface area contributed by atoms with Crippen LogP contribution in [0.25, 0.3) is 6.08 Å². The fraction of sp³-hybridized carbons (Fsp3) is 0.0625. The normalized spacial score (nSPS) is 11.6. The number of nitrogens with zero attached hydrogens (tertiary/aromatic N) is 2. The number of carbonyl (C=O) groups excluding carboxylic acids is 1. The van der Waals surface area contributed by atoms with Gasteiger partial charge in [0.1, 0.15) is 0 Å². The van der Waals surface area contributed by atoms with Gasteiger partial charge in [0.25, 0.3) is 5.91 Å². The molecule has 0 aliphatic carbocycles. The zero-order chi connectivity index (χ0) is 15.9. The summed E-state index contributed by atoms with van der Waals surface area (Å²) in [4.78, 5) is 23.1. The molecule has 0 bridgehead atoms. The number of allylic oxidation sites excluding steroid dienone is 1. The summed E-state index contributed by atoms with van der Waals surface area (Å²) in [5, 5.41) is 3.87. The molecule has 1 aromatic heterocycles. The van der Waals surface area contributed by atoms with E-state index in [1.54, 1.807) is 7.05 Å². The number of halogens is 1. The second kappa shape index (κ2) is 7.51. The third-order valence-electron chi connectivity index (χ3n) is 2.81. The van der Waals surface area contributed by atoms with Crippen molar-refractivity contribution in [1.82, 2.24) is 9.99 Å². The number of hydrogen-bond donors (Lipinski definition) is 1. The number of aromatic nitrogens is 1. The van der Waals surface area contributed by atoms with Gasteiger partial charge < -0.3 is 4.57 Å². The molecular formula is C16H14BrN3O2. The molecule has 112 valence electrons. The molecule has 2 aromatic rings. The lowest BCUT2D eigenvalue weighted by Gasteiger charge is -2.01. The number of nitrogens with one attached hydrogen (secondary N) is 1. The van der Waals surface area contributed by atoms with Crippen molar-refractivity contribution in [1.29, 1.82) is 0 Å². The Morgan fingerprint density at radius 3 is 2.64 bits per heavy atom. The highest BCUT2D eigenvalue weighted by atomic mass is 79.9. The van der Waals surface area contributed by atoms with Gasteiger partial charge in [-0.25, -0.2) is 5.43 Å². The van der Waals surface area contributed by atoms with Crippen LogP contribution in [-0.2, 0) is 7.05 Å². The van der Waals surface area contributed by atoms with Crippen molar-refractivity contribution in [2.24, 2.45) is 12.1 Å². The zero-order valence-corrected chi connectivity index (χ0v) is 13.4. The molecule has 1 aromatic carbocycles. The van der Waals surface area contributed by atoms with Crippen molar-refractivity contribution in [3.63, 3.8) is 0 Å². The van der Waals surface area contributed by atoms with Crippen LogP contribution in [-0.4, -0.2) is 16.7 Å². The van der Waals surface area contributed by atoms with Gasteiger partial charge in [-0.05, 0) is 33.6 Å². The summed E-state index contributed by atoms with van der Waals surface area (Å²) in [7, 11) is 1.58. The summed E-state index contributed by atoms with van der Waals surface area (Å²) < 4.78 is 2.06. The van der Waals surface area contributed by atoms with E-state index in [1.165, 1.54) is 29.1 Å². The molecular weight excluding hydrogens is 346 g/mol. The molecule has 0 aliphatic rings. The summed E-state index contributed by atoms with van der Waals surface area (Å²) in [6, 6.07) is 12.5. The number of benzene rings is 1. The van der Waals surface area contributed by atoms with Crippen LogP contribution in [0.3, 0.4) is 0 Å². The van der Waals surface area contributed by atoms with Crippen LogP contribution >= 0.6 is 15.9 Å². The maximum Gasteiger partial charge on any atom is 0.272 e. The average molecular weight is 360 g/mol. The number of carbonyl (C=O) groups is 1. The van der Waals surface area contributed by atoms with E-state index in [0.717, 1.165) is 10.0 Å². The first-order chi connectivity index (χ1) is 10.6. The summed E-state index contributed by atoms with van der Waals surface area (Å²) in [6.07, 6.45) is 4.83. The van der Waals surface area contributed by atoms with Crippen LogP contribution in [0.4, 0.5) is 0 Å². The topological polar surface area (TPSA) is 63.5 Å². The van der Waals surface area contributed by atoms with E-state index in [9.17, 15) is 9.59 Å². The van der Waals surface area contributed by atoms with Crippen molar-refractivity contribution in [2.45, 2.75) is 0 Å². The number of hydrazone groups is 1. The quantitative estimate of drug-likeness (QED) is 0.673. The van der Waals surface area contributed by atoms with E-state index >= 15 is 0 Å². The van der Waals surface area contributed by atoms with Gasteiger partial charge in [0.2, 0.25) is 5.56 Å². The molecule has 1 N–H and O–H groups in total. The Labute approximate surface area is 136 Å². The molecule has 5 nitrogen and oxygen atoms in total. The van der Waals surface area contributed by atoms with Gasteiger partial charge in [-0.3, -0.25) is 9.59 Å². The van der Waals surface area contributed by atoms with Crippen molar-refractivity contribution in [3.8, 4) is 0 Å². The minimum absolute atomic E-state index is 0.173. The summed E-state index contributed by atoms with van der Waals surface area (Å²) in [5.41, 5.74) is 3.62. The highest BCUT2D eigenvalue weighted by Gasteiger charge is 2.04. The predicted molar refractivity (Wildman–Crippen MR) is 91.0 cm³/mol. The van der Waals surface area contributed by atoms with E-state index in [1.807, 2.05) is 36.4 Å². The standard InChI is InChI=1S/C16H14BrN3O2/c1-20-11-13(7-8-15(20)21)16(22)19-18-10-14(17)9-12-5-3-2-4-6-12/h2-11H,1H3,(H,19,22)/b14-9+,18-10?. The molecule has 0 radical (unpaired) electrons. The van der Waals surface area contributed by atoms with Crippen LogP contribution in [0, 0.1) is 0 Å². The van der Waals surface area contributed by atoms with E-state index in [2.05, 4.69) is 26.5 Å². The second-order valence-electron chi connectivity index (χ2n) is 4.51. The van der Waals surface area contributed by atoms with Gasteiger partial charge in [-0.1, -0.05) is 30.3 Å². The van der Waals surface area contributed by atoms with Crippen LogP contribution < -0.4 is 11.0 Å². The highest BCUT2D eigenvalue weighted by molar-refractivity contribution is 9.12. The smallest absolute Gasteiger partial charge is 0.272 e. The average Bonchev–Trinajstić information content (AvgIpc) is 2.51. The van der Waals surface area contributed by atoms with Crippen molar-refractivity contribution in [3.05, 3.63) is 74.6 Å². The maximum absolute atomic E-state index is 11.9. The minimum Gasteiger partial charge on any atom is -0.318 e. The molecule has 0 saturated heterocycles. The number of aryl methyl sites for hydroxylation is 1. The molecule has 1 heterocycles. The third-order valence-corrected chi connectivity index (χ3v) is 3.24. The van der Waals surface area contributed by atoms with Crippen LogP contribution in [0.15, 0.2) is 63.0 Å². The predicted octanol–water partition coefficient (Wildman–Crippen LogP) is 2.54. The summed E-state index contributed by atoms with van der Waals surface area (Å²) in [6.45, 7) is 0. The minimum atomic E-state index is -0.383. The van der Waals surface area contributed by atoms with Crippen LogP contribution in [0.2, 0.25) is 0 Å². The van der Waals surface area contributed by atoms with Gasteiger partial charge >= 0.3 is 0 Å². The van der Waals surface area contributed by atoms with E-state index < -0.39 is 0 Å². The Balaban J connectivity index is 1.99. The molecule has 0 spiro atoms. The first kappa shape index (κ1) is 15.9. The lowest BCUT2D eigenvalue weighted by atomic mass is 10.2. The maximum atomic E-state index is 11.9. The molecule has 6 heteroatoms. The Hall–Kier alpha value is -2.47. The molecule has 0 fully saturated rings. The Morgan fingerprint density at radius 1 is 1.23 bits per heavy atom. The van der Waals surface area contributed by atoms with Crippen LogP contribution in [0.5, 0.6) is 0 Å². The summed E-state index contributed by atoms with van der Waals surface area (Å²) >= 11 is 3.36. The third kappa shape index (κ3) is 4.53. The number of hydrogen-bond acceptors (Lipinski definition) is 3. The van der Waals surface area contributed by atoms with E-state index in [0.29, 0.717) is 5.56 Å². The fourth-order valence-electron chi connectivity index (χ4n) is 1.69. The zero-order valence-electron chi connectivity index (χ0n) is 11.9. The molecule has 0 saturated carbocycles. The molecule has 2 rings (SSSR count). The molecule has 0 aliphatic heterocycles. The van der Waals surface area contributed by atoms with Crippen LogP contribution in [0.1, 0.15) is 15.9 Å². The molecule has 1 amide bonds. The van der Waals surface area contributed by atoms with Gasteiger partial charge in [0.15, 0.2) is 0 Å². The van der Waals surface area contributed by atoms with Gasteiger partial charge in [-0.15, -0.1) is 0 Å². The highest BCUT2D eigenvalue weighted by Crippen LogP contribution is 2.09. The largest absolute Gasteiger partial charge is 0.318 e. The number of rotatable bonds is 4. The lowest BCUT2D eigenvalue weighted by Crippen LogP contribution is -2.22. The van der Waals surface area contributed by atoms with Crippen molar-refractivity contribution >= 4 is 34.1 Å². The number of amides is 1. The fourth-order valence-corrected chi connectivity index (χ4v) is 2.06. The Bertz CT molecular complexity index is 779. The number of pyridine rings is 1. The van der Waals surface area contributed by atoms with Gasteiger partial charge in [-0.2, -0.15) is 5.10 Å². The molecule has 0 atom stereocenters. The van der Waals surface area contributed by atoms with E-state index in [4.69, 9.17) is 0 Å². The first-order valence-corrected chi connectivity index (χ1v) is 7.28. The molecule has 22 heavy (non-hydrogen) atoms. The van der Waals surface area contributed by atoms with Crippen molar-refractivity contribution in [2.75, 3.05) is 0 Å². The monoisotopic (exact) mass is 359 g/mol. The Morgan fingerprint density at radius 2 is 1.95 bits per heavy atom. The van der Waals surface area contributed by atoms with Gasteiger partial charge in [0, 0.05) is 23.8 Å². The Kier molecular flexibility index (Phi) is 5.43. The first-order valence-electron chi connectivity index (χ1n) is 6.48. The summed E-state index contributed by atoms with van der Waals surface area (Å²) in [5.74, 6) is -0.383. The second-order valence-corrected chi connectivity index (χ2v) is 5.42. The SMILES string of the molecule is Cn1cc(C(=O)NN=C/C(Br)=C\c2ccccc2)ccc1=O. The van der Waals surface area contributed by atoms with Crippen molar-refractivity contribution < 1.29 is 4.79 Å².